The van der Waals surface area contributed by atoms with Crippen molar-refractivity contribution in [3.05, 3.63) is 70.1 Å². The van der Waals surface area contributed by atoms with Crippen molar-refractivity contribution >= 4 is 61.6 Å². The predicted molar refractivity (Wildman–Crippen MR) is 137 cm³/mol. The monoisotopic (exact) mass is 579 g/mol. The maximum atomic E-state index is 14.9. The predicted octanol–water partition coefficient (Wildman–Crippen LogP) is 4.44. The van der Waals surface area contributed by atoms with Gasteiger partial charge in [-0.3, -0.25) is 0 Å². The molecule has 11 nitrogen and oxygen atoms in total. The molecule has 2 amide bonds. The molecule has 0 bridgehead atoms. The minimum Gasteiger partial charge on any atom is -0.495 e. The number of methoxy groups -OCH3 is 3. The Bertz CT molecular complexity index is 1730. The van der Waals surface area contributed by atoms with E-state index in [0.29, 0.717) is 5.39 Å². The van der Waals surface area contributed by atoms with Crippen LogP contribution in [0.5, 0.6) is 5.75 Å². The molecule has 0 aliphatic carbocycles. The number of anilines is 2. The highest BCUT2D eigenvalue weighted by Gasteiger charge is 2.28. The molecule has 0 aliphatic heterocycles. The van der Waals surface area contributed by atoms with Gasteiger partial charge in [0.05, 0.1) is 38.2 Å². The van der Waals surface area contributed by atoms with Crippen molar-refractivity contribution in [1.82, 2.24) is 3.97 Å². The first-order valence-electron chi connectivity index (χ1n) is 10.8. The lowest BCUT2D eigenvalue weighted by atomic mass is 10.2. The molecule has 0 spiro atoms. The number of nitrogens with zero attached hydrogens (tertiary/aromatic N) is 1. The highest BCUT2D eigenvalue weighted by Crippen LogP contribution is 2.34. The van der Waals surface area contributed by atoms with Crippen LogP contribution in [0, 0.1) is 11.6 Å². The lowest BCUT2D eigenvalue weighted by Gasteiger charge is -2.15. The number of halogens is 2. The van der Waals surface area contributed by atoms with Gasteiger partial charge in [0.15, 0.2) is 5.82 Å². The molecular weight excluding hydrogens is 560 g/mol. The molecule has 39 heavy (non-hydrogen) atoms. The number of ether oxygens (including phenoxy) is 3. The third kappa shape index (κ3) is 5.13. The van der Waals surface area contributed by atoms with Crippen LogP contribution in [0.2, 0.25) is 0 Å². The molecule has 0 radical (unpaired) electrons. The number of esters is 2. The van der Waals surface area contributed by atoms with Gasteiger partial charge in [0.25, 0.3) is 10.0 Å². The van der Waals surface area contributed by atoms with Crippen LogP contribution in [-0.4, -0.2) is 51.7 Å². The van der Waals surface area contributed by atoms with E-state index >= 15 is 0 Å². The molecule has 2 aromatic carbocycles. The number of benzene rings is 2. The normalized spacial score (nSPS) is 11.2. The van der Waals surface area contributed by atoms with E-state index < -0.39 is 50.2 Å². The quantitative estimate of drug-likeness (QED) is 0.306. The third-order valence-electron chi connectivity index (χ3n) is 5.46. The molecule has 4 rings (SSSR count). The molecule has 204 valence electrons. The Morgan fingerprint density at radius 2 is 1.62 bits per heavy atom. The summed E-state index contributed by atoms with van der Waals surface area (Å²) in [5, 5.41) is 6.18. The average Bonchev–Trinajstić information content (AvgIpc) is 3.52. The summed E-state index contributed by atoms with van der Waals surface area (Å²) in [7, 11) is -1.16. The van der Waals surface area contributed by atoms with Crippen molar-refractivity contribution in [2.45, 2.75) is 4.90 Å². The number of nitrogens with one attached hydrogen (secondary N) is 2. The molecule has 2 N–H and O–H groups in total. The Morgan fingerprint density at radius 1 is 0.923 bits per heavy atom. The van der Waals surface area contributed by atoms with E-state index in [4.69, 9.17) is 4.74 Å². The fraction of sp³-hybridized carbons (Fsp3) is 0.125. The number of urea groups is 1. The summed E-state index contributed by atoms with van der Waals surface area (Å²) in [6.07, 6.45) is 1.20. The van der Waals surface area contributed by atoms with Gasteiger partial charge in [-0.25, -0.2) is 35.6 Å². The average molecular weight is 580 g/mol. The Labute approximate surface area is 223 Å². The Hall–Kier alpha value is -4.50. The van der Waals surface area contributed by atoms with Gasteiger partial charge < -0.3 is 24.8 Å². The second kappa shape index (κ2) is 10.7. The van der Waals surface area contributed by atoms with Crippen LogP contribution < -0.4 is 15.4 Å². The van der Waals surface area contributed by atoms with Crippen LogP contribution in [0.1, 0.15) is 20.0 Å². The second-order valence-corrected chi connectivity index (χ2v) is 10.4. The zero-order chi connectivity index (χ0) is 28.5. The SMILES string of the molecule is COC(=O)c1scc(NC(=O)Nc2cc(S(=O)(=O)n3ccc4ccc(F)cc43)c(OC)cc2F)c1C(=O)OC. The van der Waals surface area contributed by atoms with Gasteiger partial charge >= 0.3 is 18.0 Å². The molecule has 0 saturated heterocycles. The van der Waals surface area contributed by atoms with Crippen LogP contribution in [0.15, 0.2) is 52.9 Å². The fourth-order valence-corrected chi connectivity index (χ4v) is 6.07. The van der Waals surface area contributed by atoms with Crippen LogP contribution in [-0.2, 0) is 19.5 Å². The third-order valence-corrected chi connectivity index (χ3v) is 8.13. The lowest BCUT2D eigenvalue weighted by Crippen LogP contribution is -2.22. The van der Waals surface area contributed by atoms with Crippen molar-refractivity contribution in [2.24, 2.45) is 0 Å². The Kier molecular flexibility index (Phi) is 7.56. The summed E-state index contributed by atoms with van der Waals surface area (Å²) in [5.41, 5.74) is -0.942. The Morgan fingerprint density at radius 3 is 2.28 bits per heavy atom. The largest absolute Gasteiger partial charge is 0.495 e. The summed E-state index contributed by atoms with van der Waals surface area (Å²) in [6, 6.07) is 5.57. The number of hydrogen-bond acceptors (Lipinski definition) is 9. The van der Waals surface area contributed by atoms with E-state index in [-0.39, 0.29) is 27.4 Å². The molecular formula is C24H19F2N3O8S2. The molecule has 2 aromatic heterocycles. The van der Waals surface area contributed by atoms with E-state index in [1.807, 2.05) is 0 Å². The molecule has 0 aliphatic rings. The number of thiophene rings is 1. The summed E-state index contributed by atoms with van der Waals surface area (Å²) in [6.45, 7) is 0. The van der Waals surface area contributed by atoms with Crippen LogP contribution >= 0.6 is 11.3 Å². The Balaban J connectivity index is 1.70. The second-order valence-electron chi connectivity index (χ2n) is 7.72. The van der Waals surface area contributed by atoms with Crippen LogP contribution in [0.3, 0.4) is 0 Å². The molecule has 0 unspecified atom stereocenters. The number of aromatic nitrogens is 1. The van der Waals surface area contributed by atoms with E-state index in [2.05, 4.69) is 20.1 Å². The van der Waals surface area contributed by atoms with E-state index in [0.717, 1.165) is 54.8 Å². The summed E-state index contributed by atoms with van der Waals surface area (Å²) >= 11 is 0.798. The van der Waals surface area contributed by atoms with Gasteiger partial charge in [-0.2, -0.15) is 0 Å². The first-order chi connectivity index (χ1) is 18.5. The van der Waals surface area contributed by atoms with Crippen LogP contribution in [0.25, 0.3) is 10.9 Å². The number of carbonyl (C=O) groups is 3. The molecule has 4 aromatic rings. The van der Waals surface area contributed by atoms with Gasteiger partial charge in [-0.05, 0) is 30.3 Å². The first kappa shape index (κ1) is 27.5. The first-order valence-corrected chi connectivity index (χ1v) is 13.1. The summed E-state index contributed by atoms with van der Waals surface area (Å²) in [5.74, 6) is -3.87. The minimum atomic E-state index is -4.47. The summed E-state index contributed by atoms with van der Waals surface area (Å²) < 4.78 is 70.9. The highest BCUT2D eigenvalue weighted by molar-refractivity contribution is 7.90. The van der Waals surface area contributed by atoms with Gasteiger partial charge in [-0.15, -0.1) is 11.3 Å². The van der Waals surface area contributed by atoms with Gasteiger partial charge in [0.2, 0.25) is 0 Å². The number of amides is 2. The smallest absolute Gasteiger partial charge is 0.349 e. The standard InChI is InChI=1S/C24H19F2N3O8S2/c1-35-18-9-14(26)15(10-19(18)39(33,34)29-7-6-12-4-5-13(25)8-17(12)29)27-24(32)28-16-11-38-21(23(31)37-3)20(16)22(30)36-2/h4-11H,1-3H3,(H2,27,28,32). The van der Waals surface area contributed by atoms with Crippen molar-refractivity contribution in [3.8, 4) is 5.75 Å². The number of rotatable bonds is 7. The molecule has 15 heteroatoms. The molecule has 0 fully saturated rings. The van der Waals surface area contributed by atoms with Crippen molar-refractivity contribution in [2.75, 3.05) is 32.0 Å². The number of hydrogen-bond donors (Lipinski definition) is 2. The maximum Gasteiger partial charge on any atom is 0.349 e. The van der Waals surface area contributed by atoms with Gasteiger partial charge in [0.1, 0.15) is 26.9 Å². The maximum absolute atomic E-state index is 14.9. The number of fused-ring (bicyclic) bond motifs is 1. The zero-order valence-electron chi connectivity index (χ0n) is 20.4. The zero-order valence-corrected chi connectivity index (χ0v) is 22.0. The van der Waals surface area contributed by atoms with Gasteiger partial charge in [-0.1, -0.05) is 0 Å². The molecule has 2 heterocycles. The number of carbonyl (C=O) groups excluding carboxylic acids is 3. The summed E-state index contributed by atoms with van der Waals surface area (Å²) in [4.78, 5) is 36.3. The topological polar surface area (TPSA) is 142 Å². The minimum absolute atomic E-state index is 0.0304. The van der Waals surface area contributed by atoms with Crippen LogP contribution in [0.4, 0.5) is 25.0 Å². The van der Waals surface area contributed by atoms with Gasteiger partial charge in [0, 0.05) is 23.0 Å². The van der Waals surface area contributed by atoms with E-state index in [9.17, 15) is 31.6 Å². The van der Waals surface area contributed by atoms with Crippen molar-refractivity contribution in [3.63, 3.8) is 0 Å². The van der Waals surface area contributed by atoms with E-state index in [1.165, 1.54) is 29.8 Å². The molecule has 0 saturated carbocycles. The van der Waals surface area contributed by atoms with Crippen molar-refractivity contribution in [1.29, 1.82) is 0 Å². The van der Waals surface area contributed by atoms with E-state index in [1.54, 1.807) is 0 Å². The molecule has 0 atom stereocenters. The fourth-order valence-electron chi connectivity index (χ4n) is 3.66. The highest BCUT2D eigenvalue weighted by atomic mass is 32.2. The lowest BCUT2D eigenvalue weighted by molar-refractivity contribution is 0.0561. The van der Waals surface area contributed by atoms with Crippen molar-refractivity contribution < 1.29 is 45.8 Å².